The maximum atomic E-state index is 13.3. The van der Waals surface area contributed by atoms with Crippen molar-refractivity contribution < 1.29 is 19.2 Å². The van der Waals surface area contributed by atoms with Gasteiger partial charge in [0.05, 0.1) is 34.2 Å². The minimum absolute atomic E-state index is 0.0259. The number of aromatic nitrogens is 1. The normalized spacial score (nSPS) is 10.4. The molecule has 0 aliphatic rings. The first-order valence-electron chi connectivity index (χ1n) is 9.32. The molecule has 1 aromatic heterocycles. The number of hydrogen-bond acceptors (Lipinski definition) is 6. The molecular weight excluding hydrogens is 422 g/mol. The molecule has 0 aliphatic heterocycles. The lowest BCUT2D eigenvalue weighted by Gasteiger charge is -2.24. The summed E-state index contributed by atoms with van der Waals surface area (Å²) in [5, 5.41) is 10.9. The van der Waals surface area contributed by atoms with Crippen LogP contribution in [0.2, 0.25) is 5.02 Å². The molecule has 0 unspecified atom stereocenters. The fourth-order valence-electron chi connectivity index (χ4n) is 2.88. The number of amides is 1. The van der Waals surface area contributed by atoms with Gasteiger partial charge in [0, 0.05) is 30.2 Å². The molecule has 0 aliphatic carbocycles. The van der Waals surface area contributed by atoms with Crippen molar-refractivity contribution in [2.75, 3.05) is 11.5 Å². The summed E-state index contributed by atoms with van der Waals surface area (Å²) in [5.74, 6) is -0.903. The molecule has 2 aromatic carbocycles. The zero-order chi connectivity index (χ0) is 22.4. The fourth-order valence-corrected chi connectivity index (χ4v) is 3.14. The van der Waals surface area contributed by atoms with Crippen molar-refractivity contribution in [2.45, 2.75) is 13.5 Å². The molecule has 3 aromatic rings. The van der Waals surface area contributed by atoms with Gasteiger partial charge in [-0.25, -0.2) is 4.79 Å². The SMILES string of the molecule is CCOC(=O)c1ccc(N(Cc2ccncc2)C(=O)c2ccc([N+](=O)[O-])cc2Cl)cc1. The van der Waals surface area contributed by atoms with Crippen molar-refractivity contribution in [1.82, 2.24) is 4.98 Å². The number of nitro benzene ring substituents is 1. The predicted molar refractivity (Wildman–Crippen MR) is 115 cm³/mol. The van der Waals surface area contributed by atoms with E-state index in [4.69, 9.17) is 16.3 Å². The average molecular weight is 440 g/mol. The van der Waals surface area contributed by atoms with E-state index in [0.717, 1.165) is 11.6 Å². The molecule has 0 saturated carbocycles. The maximum absolute atomic E-state index is 13.3. The lowest BCUT2D eigenvalue weighted by atomic mass is 10.1. The van der Waals surface area contributed by atoms with E-state index in [1.54, 1.807) is 55.7 Å². The van der Waals surface area contributed by atoms with Gasteiger partial charge < -0.3 is 9.64 Å². The largest absolute Gasteiger partial charge is 0.462 e. The molecule has 0 bridgehead atoms. The molecule has 0 N–H and O–H groups in total. The molecular formula is C22H18ClN3O5. The first-order chi connectivity index (χ1) is 14.9. The Bertz CT molecular complexity index is 1100. The molecule has 0 radical (unpaired) electrons. The molecule has 31 heavy (non-hydrogen) atoms. The number of nitrogens with zero attached hydrogens (tertiary/aromatic N) is 3. The van der Waals surface area contributed by atoms with E-state index in [1.807, 2.05) is 0 Å². The third kappa shape index (κ3) is 5.23. The Morgan fingerprint density at radius 1 is 1.10 bits per heavy atom. The molecule has 0 atom stereocenters. The number of nitro groups is 1. The Balaban J connectivity index is 1.97. The summed E-state index contributed by atoms with van der Waals surface area (Å²) in [6.07, 6.45) is 3.22. The molecule has 3 rings (SSSR count). The monoisotopic (exact) mass is 439 g/mol. The summed E-state index contributed by atoms with van der Waals surface area (Å²) in [4.78, 5) is 41.1. The van der Waals surface area contributed by atoms with Crippen molar-refractivity contribution in [1.29, 1.82) is 0 Å². The van der Waals surface area contributed by atoms with E-state index in [-0.39, 0.29) is 29.4 Å². The third-order valence-electron chi connectivity index (χ3n) is 4.42. The number of carbonyl (C=O) groups is 2. The van der Waals surface area contributed by atoms with Crippen LogP contribution >= 0.6 is 11.6 Å². The Morgan fingerprint density at radius 3 is 2.35 bits per heavy atom. The smallest absolute Gasteiger partial charge is 0.338 e. The van der Waals surface area contributed by atoms with Crippen molar-refractivity contribution in [3.8, 4) is 0 Å². The summed E-state index contributed by atoms with van der Waals surface area (Å²) in [6.45, 7) is 2.18. The molecule has 8 nitrogen and oxygen atoms in total. The summed E-state index contributed by atoms with van der Waals surface area (Å²) in [6, 6.07) is 13.6. The van der Waals surface area contributed by atoms with Crippen molar-refractivity contribution >= 4 is 34.9 Å². The van der Waals surface area contributed by atoms with E-state index in [9.17, 15) is 19.7 Å². The van der Waals surface area contributed by atoms with Crippen LogP contribution in [-0.2, 0) is 11.3 Å². The highest BCUT2D eigenvalue weighted by molar-refractivity contribution is 6.34. The number of rotatable bonds is 7. The number of hydrogen-bond donors (Lipinski definition) is 0. The number of benzene rings is 2. The van der Waals surface area contributed by atoms with E-state index in [1.165, 1.54) is 17.0 Å². The molecule has 0 saturated heterocycles. The number of non-ortho nitro benzene ring substituents is 1. The zero-order valence-electron chi connectivity index (χ0n) is 16.5. The highest BCUT2D eigenvalue weighted by Crippen LogP contribution is 2.27. The summed E-state index contributed by atoms with van der Waals surface area (Å²) in [7, 11) is 0. The summed E-state index contributed by atoms with van der Waals surface area (Å²) >= 11 is 6.18. The summed E-state index contributed by atoms with van der Waals surface area (Å²) < 4.78 is 4.99. The predicted octanol–water partition coefficient (Wildman–Crippen LogP) is 4.67. The topological polar surface area (TPSA) is 103 Å². The second-order valence-electron chi connectivity index (χ2n) is 6.44. The molecule has 1 amide bonds. The van der Waals surface area contributed by atoms with E-state index in [2.05, 4.69) is 4.98 Å². The highest BCUT2D eigenvalue weighted by atomic mass is 35.5. The number of esters is 1. The lowest BCUT2D eigenvalue weighted by Crippen LogP contribution is -2.30. The van der Waals surface area contributed by atoms with Gasteiger partial charge in [0.25, 0.3) is 11.6 Å². The highest BCUT2D eigenvalue weighted by Gasteiger charge is 2.23. The molecule has 9 heteroatoms. The number of halogens is 1. The van der Waals surface area contributed by atoms with Crippen LogP contribution in [0.15, 0.2) is 67.0 Å². The van der Waals surface area contributed by atoms with Gasteiger partial charge in [-0.1, -0.05) is 11.6 Å². The zero-order valence-corrected chi connectivity index (χ0v) is 17.3. The minimum Gasteiger partial charge on any atom is -0.462 e. The van der Waals surface area contributed by atoms with Gasteiger partial charge in [0.15, 0.2) is 0 Å². The van der Waals surface area contributed by atoms with Crippen LogP contribution in [0.3, 0.4) is 0 Å². The van der Waals surface area contributed by atoms with E-state index >= 15 is 0 Å². The van der Waals surface area contributed by atoms with Crippen molar-refractivity contribution in [2.24, 2.45) is 0 Å². The standard InChI is InChI=1S/C22H18ClN3O5/c1-2-31-22(28)16-3-5-17(6-4-16)25(14-15-9-11-24-12-10-15)21(27)19-8-7-18(26(29)30)13-20(19)23/h3-13H,2,14H2,1H3. The molecule has 0 fully saturated rings. The van der Waals surface area contributed by atoms with Crippen LogP contribution in [0.1, 0.15) is 33.2 Å². The van der Waals surface area contributed by atoms with Crippen molar-refractivity contribution in [3.63, 3.8) is 0 Å². The van der Waals surface area contributed by atoms with Gasteiger partial charge in [0.1, 0.15) is 0 Å². The second kappa shape index (κ2) is 9.82. The number of ether oxygens (including phenoxy) is 1. The van der Waals surface area contributed by atoms with Crippen LogP contribution in [0.4, 0.5) is 11.4 Å². The average Bonchev–Trinajstić information content (AvgIpc) is 2.78. The minimum atomic E-state index is -0.580. The molecule has 158 valence electrons. The molecule has 0 spiro atoms. The van der Waals surface area contributed by atoms with Crippen molar-refractivity contribution in [3.05, 3.63) is 98.8 Å². The lowest BCUT2D eigenvalue weighted by molar-refractivity contribution is -0.384. The van der Waals surface area contributed by atoms with Crippen LogP contribution in [0.25, 0.3) is 0 Å². The van der Waals surface area contributed by atoms with Gasteiger partial charge in [-0.05, 0) is 55.0 Å². The van der Waals surface area contributed by atoms with E-state index < -0.39 is 16.8 Å². The van der Waals surface area contributed by atoms with Crippen LogP contribution < -0.4 is 4.90 Å². The number of anilines is 1. The van der Waals surface area contributed by atoms with Gasteiger partial charge in [0.2, 0.25) is 0 Å². The Morgan fingerprint density at radius 2 is 1.77 bits per heavy atom. The van der Waals surface area contributed by atoms with Crippen LogP contribution in [-0.4, -0.2) is 28.4 Å². The Labute approximate surface area is 183 Å². The fraction of sp³-hybridized carbons (Fsp3) is 0.136. The Hall–Kier alpha value is -3.78. The van der Waals surface area contributed by atoms with Crippen LogP contribution in [0, 0.1) is 10.1 Å². The quantitative estimate of drug-likeness (QED) is 0.301. The first kappa shape index (κ1) is 21.9. The van der Waals surface area contributed by atoms with Gasteiger partial charge >= 0.3 is 5.97 Å². The van der Waals surface area contributed by atoms with Gasteiger partial charge in [-0.15, -0.1) is 0 Å². The summed E-state index contributed by atoms with van der Waals surface area (Å²) in [5.41, 5.74) is 1.60. The number of carbonyl (C=O) groups excluding carboxylic acids is 2. The number of pyridine rings is 1. The second-order valence-corrected chi connectivity index (χ2v) is 6.84. The van der Waals surface area contributed by atoms with Gasteiger partial charge in [-0.2, -0.15) is 0 Å². The Kier molecular flexibility index (Phi) is 6.94. The first-order valence-corrected chi connectivity index (χ1v) is 9.70. The van der Waals surface area contributed by atoms with E-state index in [0.29, 0.717) is 11.3 Å². The molecule has 1 heterocycles. The van der Waals surface area contributed by atoms with Gasteiger partial charge in [-0.3, -0.25) is 19.9 Å². The van der Waals surface area contributed by atoms with Crippen LogP contribution in [0.5, 0.6) is 0 Å². The maximum Gasteiger partial charge on any atom is 0.338 e. The third-order valence-corrected chi connectivity index (χ3v) is 4.73.